The zero-order valence-electron chi connectivity index (χ0n) is 15.0. The fourth-order valence-corrected chi connectivity index (χ4v) is 3.82. The van der Waals surface area contributed by atoms with Gasteiger partial charge in [0.1, 0.15) is 6.54 Å². The number of hydrogen-bond donors (Lipinski definition) is 0. The van der Waals surface area contributed by atoms with Crippen LogP contribution in [0.3, 0.4) is 0 Å². The highest BCUT2D eigenvalue weighted by atomic mass is 32.1. The molecule has 1 saturated heterocycles. The van der Waals surface area contributed by atoms with Crippen LogP contribution in [0.2, 0.25) is 0 Å². The molecule has 140 valence electrons. The third kappa shape index (κ3) is 3.80. The normalized spacial score (nSPS) is 14.6. The number of hydrogen-bond acceptors (Lipinski definition) is 6. The highest BCUT2D eigenvalue weighted by Crippen LogP contribution is 2.21. The standard InChI is InChI=1S/C19H20N4O3S/c1-14-4-2-5-15(12-14)21-7-9-22(10-8-21)17(24)13-23-19(25)26-18(20-23)16-6-3-11-27-16/h2-6,11-12H,7-10,13H2,1H3. The van der Waals surface area contributed by atoms with Crippen LogP contribution in [0.15, 0.2) is 51.0 Å². The molecule has 0 bridgehead atoms. The molecule has 0 aliphatic carbocycles. The highest BCUT2D eigenvalue weighted by Gasteiger charge is 2.23. The molecule has 1 amide bonds. The van der Waals surface area contributed by atoms with Gasteiger partial charge >= 0.3 is 5.76 Å². The van der Waals surface area contributed by atoms with Crippen molar-refractivity contribution < 1.29 is 9.21 Å². The molecule has 1 aromatic carbocycles. The summed E-state index contributed by atoms with van der Waals surface area (Å²) < 4.78 is 6.26. The fraction of sp³-hybridized carbons (Fsp3) is 0.316. The van der Waals surface area contributed by atoms with Crippen molar-refractivity contribution in [3.63, 3.8) is 0 Å². The van der Waals surface area contributed by atoms with E-state index in [0.29, 0.717) is 13.1 Å². The van der Waals surface area contributed by atoms with Crippen molar-refractivity contribution in [3.05, 3.63) is 57.9 Å². The second-order valence-electron chi connectivity index (χ2n) is 6.51. The average molecular weight is 384 g/mol. The number of carbonyl (C=O) groups is 1. The van der Waals surface area contributed by atoms with E-state index in [4.69, 9.17) is 4.42 Å². The minimum atomic E-state index is -0.606. The van der Waals surface area contributed by atoms with Crippen molar-refractivity contribution in [1.82, 2.24) is 14.7 Å². The van der Waals surface area contributed by atoms with Gasteiger partial charge in [0.05, 0.1) is 4.88 Å². The number of amides is 1. The molecule has 27 heavy (non-hydrogen) atoms. The smallest absolute Gasteiger partial charge is 0.387 e. The lowest BCUT2D eigenvalue weighted by molar-refractivity contribution is -0.132. The molecule has 3 aromatic rings. The predicted octanol–water partition coefficient (Wildman–Crippen LogP) is 2.22. The predicted molar refractivity (Wildman–Crippen MR) is 104 cm³/mol. The number of anilines is 1. The van der Waals surface area contributed by atoms with Crippen molar-refractivity contribution in [2.75, 3.05) is 31.1 Å². The van der Waals surface area contributed by atoms with Gasteiger partial charge in [0.2, 0.25) is 5.91 Å². The minimum absolute atomic E-state index is 0.0991. The average Bonchev–Trinajstić information content (AvgIpc) is 3.32. The number of nitrogens with zero attached hydrogens (tertiary/aromatic N) is 4. The monoisotopic (exact) mass is 384 g/mol. The Hall–Kier alpha value is -2.87. The number of rotatable bonds is 4. The van der Waals surface area contributed by atoms with Crippen molar-refractivity contribution in [2.45, 2.75) is 13.5 Å². The first-order valence-corrected chi connectivity index (χ1v) is 9.69. The van der Waals surface area contributed by atoms with E-state index in [1.165, 1.54) is 22.6 Å². The third-order valence-electron chi connectivity index (χ3n) is 4.62. The SMILES string of the molecule is Cc1cccc(N2CCN(C(=O)Cn3nc(-c4cccs4)oc3=O)CC2)c1. The van der Waals surface area contributed by atoms with Gasteiger partial charge in [-0.15, -0.1) is 16.4 Å². The molecule has 0 N–H and O–H groups in total. The van der Waals surface area contributed by atoms with E-state index in [9.17, 15) is 9.59 Å². The zero-order valence-corrected chi connectivity index (χ0v) is 15.8. The summed E-state index contributed by atoms with van der Waals surface area (Å²) in [5.41, 5.74) is 2.40. The van der Waals surface area contributed by atoms with Crippen LogP contribution in [-0.2, 0) is 11.3 Å². The number of benzene rings is 1. The summed E-state index contributed by atoms with van der Waals surface area (Å²) in [6.45, 7) is 4.75. The van der Waals surface area contributed by atoms with E-state index in [-0.39, 0.29) is 18.3 Å². The van der Waals surface area contributed by atoms with Gasteiger partial charge in [-0.05, 0) is 36.1 Å². The van der Waals surface area contributed by atoms with Gasteiger partial charge in [0, 0.05) is 31.9 Å². The molecule has 1 fully saturated rings. The lowest BCUT2D eigenvalue weighted by Gasteiger charge is -2.36. The molecule has 1 aliphatic rings. The maximum absolute atomic E-state index is 12.6. The molecular formula is C19H20N4O3S. The van der Waals surface area contributed by atoms with E-state index in [1.807, 2.05) is 23.6 Å². The minimum Gasteiger partial charge on any atom is -0.387 e. The fourth-order valence-electron chi connectivity index (χ4n) is 3.17. The molecule has 3 heterocycles. The van der Waals surface area contributed by atoms with Crippen LogP contribution in [0, 0.1) is 6.92 Å². The Morgan fingerprint density at radius 3 is 2.70 bits per heavy atom. The Kier molecular flexibility index (Phi) is 4.81. The van der Waals surface area contributed by atoms with E-state index in [2.05, 4.69) is 35.1 Å². The van der Waals surface area contributed by atoms with Crippen molar-refractivity contribution in [3.8, 4) is 10.8 Å². The number of aromatic nitrogens is 2. The molecule has 0 atom stereocenters. The summed E-state index contributed by atoms with van der Waals surface area (Å²) in [5.74, 6) is -0.468. The van der Waals surface area contributed by atoms with Crippen molar-refractivity contribution >= 4 is 22.9 Å². The van der Waals surface area contributed by atoms with E-state index < -0.39 is 5.76 Å². The first-order chi connectivity index (χ1) is 13.1. The van der Waals surface area contributed by atoms with Crippen LogP contribution in [-0.4, -0.2) is 46.8 Å². The Morgan fingerprint density at radius 1 is 1.19 bits per heavy atom. The summed E-state index contributed by atoms with van der Waals surface area (Å²) in [4.78, 5) is 29.4. The van der Waals surface area contributed by atoms with Gasteiger partial charge in [0.25, 0.3) is 5.89 Å². The molecule has 4 rings (SSSR count). The molecule has 0 spiro atoms. The van der Waals surface area contributed by atoms with Crippen LogP contribution in [0.25, 0.3) is 10.8 Å². The van der Waals surface area contributed by atoms with Crippen LogP contribution < -0.4 is 10.7 Å². The van der Waals surface area contributed by atoms with Crippen LogP contribution >= 0.6 is 11.3 Å². The summed E-state index contributed by atoms with van der Waals surface area (Å²) >= 11 is 1.43. The second kappa shape index (κ2) is 7.40. The summed E-state index contributed by atoms with van der Waals surface area (Å²) in [7, 11) is 0. The highest BCUT2D eigenvalue weighted by molar-refractivity contribution is 7.13. The maximum atomic E-state index is 12.6. The third-order valence-corrected chi connectivity index (χ3v) is 5.48. The molecule has 8 heteroatoms. The lowest BCUT2D eigenvalue weighted by atomic mass is 10.2. The first-order valence-electron chi connectivity index (χ1n) is 8.81. The molecule has 0 saturated carbocycles. The number of thiophene rings is 1. The van der Waals surface area contributed by atoms with Crippen LogP contribution in [0.4, 0.5) is 5.69 Å². The van der Waals surface area contributed by atoms with E-state index >= 15 is 0 Å². The Bertz CT molecular complexity index is 985. The summed E-state index contributed by atoms with van der Waals surface area (Å²) in [5, 5.41) is 6.03. The van der Waals surface area contributed by atoms with Gasteiger partial charge in [-0.1, -0.05) is 18.2 Å². The Morgan fingerprint density at radius 2 is 2.00 bits per heavy atom. The zero-order chi connectivity index (χ0) is 18.8. The number of piperazine rings is 1. The maximum Gasteiger partial charge on any atom is 0.437 e. The van der Waals surface area contributed by atoms with Gasteiger partial charge in [-0.25, -0.2) is 4.79 Å². The number of carbonyl (C=O) groups excluding carboxylic acids is 1. The molecule has 7 nitrogen and oxygen atoms in total. The van der Waals surface area contributed by atoms with Crippen molar-refractivity contribution in [2.24, 2.45) is 0 Å². The van der Waals surface area contributed by atoms with Gasteiger partial charge < -0.3 is 14.2 Å². The Balaban J connectivity index is 1.38. The van der Waals surface area contributed by atoms with E-state index in [1.54, 1.807) is 4.90 Å². The van der Waals surface area contributed by atoms with Crippen molar-refractivity contribution in [1.29, 1.82) is 0 Å². The van der Waals surface area contributed by atoms with Gasteiger partial charge in [-0.3, -0.25) is 4.79 Å². The Labute approximate surface area is 160 Å². The summed E-state index contributed by atoms with van der Waals surface area (Å²) in [6.07, 6.45) is 0. The van der Waals surface area contributed by atoms with Crippen LogP contribution in [0.1, 0.15) is 5.56 Å². The van der Waals surface area contributed by atoms with E-state index in [0.717, 1.165) is 22.6 Å². The largest absolute Gasteiger partial charge is 0.437 e. The number of aryl methyl sites for hydroxylation is 1. The molecule has 0 unspecified atom stereocenters. The molecule has 2 aromatic heterocycles. The van der Waals surface area contributed by atoms with Crippen LogP contribution in [0.5, 0.6) is 0 Å². The quantitative estimate of drug-likeness (QED) is 0.690. The molecule has 1 aliphatic heterocycles. The first kappa shape index (κ1) is 17.5. The topological polar surface area (TPSA) is 71.6 Å². The molecule has 0 radical (unpaired) electrons. The second-order valence-corrected chi connectivity index (χ2v) is 7.46. The van der Waals surface area contributed by atoms with Gasteiger partial charge in [0.15, 0.2) is 0 Å². The van der Waals surface area contributed by atoms with Gasteiger partial charge in [-0.2, -0.15) is 4.68 Å². The summed E-state index contributed by atoms with van der Waals surface area (Å²) in [6, 6.07) is 12.0. The lowest BCUT2D eigenvalue weighted by Crippen LogP contribution is -2.50. The molecular weight excluding hydrogens is 364 g/mol.